The van der Waals surface area contributed by atoms with Crippen LogP contribution in [0.15, 0.2) is 54.6 Å². The van der Waals surface area contributed by atoms with E-state index < -0.39 is 17.9 Å². The van der Waals surface area contributed by atoms with Gasteiger partial charge in [-0.1, -0.05) is 75.1 Å². The molecule has 0 spiro atoms. The van der Waals surface area contributed by atoms with Gasteiger partial charge in [-0.05, 0) is 42.5 Å². The predicted octanol–water partition coefficient (Wildman–Crippen LogP) is 4.03. The molecule has 1 saturated carbocycles. The number of carbonyl (C=O) groups excluding carboxylic acids is 3. The van der Waals surface area contributed by atoms with Crippen molar-refractivity contribution in [3.8, 4) is 5.75 Å². The molecule has 0 heterocycles. The maximum atomic E-state index is 13.2. The third kappa shape index (κ3) is 9.36. The number of hydrogen-bond donors (Lipinski definition) is 3. The molecule has 0 radical (unpaired) electrons. The van der Waals surface area contributed by atoms with E-state index in [1.165, 1.54) is 12.8 Å². The van der Waals surface area contributed by atoms with Crippen molar-refractivity contribution >= 4 is 17.7 Å². The molecule has 194 valence electrons. The Morgan fingerprint density at radius 3 is 2.25 bits per heavy atom. The minimum atomic E-state index is -0.694. The Morgan fingerprint density at radius 1 is 0.944 bits per heavy atom. The van der Waals surface area contributed by atoms with Crippen LogP contribution in [0.3, 0.4) is 0 Å². The molecule has 1 aliphatic rings. The van der Waals surface area contributed by atoms with Crippen LogP contribution in [0.5, 0.6) is 5.75 Å². The third-order valence-electron chi connectivity index (χ3n) is 6.75. The molecule has 3 rings (SSSR count). The molecular weight excluding hydrogens is 454 g/mol. The van der Waals surface area contributed by atoms with Crippen LogP contribution in [-0.2, 0) is 27.4 Å². The third-order valence-corrected chi connectivity index (χ3v) is 6.75. The maximum absolute atomic E-state index is 13.2. The highest BCUT2D eigenvalue weighted by atomic mass is 16.5. The Kier molecular flexibility index (Phi) is 10.8. The van der Waals surface area contributed by atoms with E-state index in [1.807, 2.05) is 54.6 Å². The zero-order valence-corrected chi connectivity index (χ0v) is 21.2. The molecule has 0 aliphatic heterocycles. The number of rotatable bonds is 12. The fourth-order valence-corrected chi connectivity index (χ4v) is 4.39. The lowest BCUT2D eigenvalue weighted by atomic mass is 10.0. The lowest BCUT2D eigenvalue weighted by Crippen LogP contribution is -2.50. The number of amides is 3. The van der Waals surface area contributed by atoms with E-state index in [-0.39, 0.29) is 24.3 Å². The van der Waals surface area contributed by atoms with Gasteiger partial charge in [0, 0.05) is 24.8 Å². The second-order valence-electron chi connectivity index (χ2n) is 9.78. The minimum Gasteiger partial charge on any atom is -0.489 e. The van der Waals surface area contributed by atoms with E-state index >= 15 is 0 Å². The molecule has 1 aliphatic carbocycles. The topological polar surface area (TPSA) is 111 Å². The van der Waals surface area contributed by atoms with E-state index in [9.17, 15) is 14.4 Å². The number of nitrogens with two attached hydrogens (primary N) is 1. The standard InChI is InChI=1S/C29H39N3O4/c1-21(28(30)34)13-18-27(33)32-26(29(35)31-24-11-7-2-3-8-12-24)19-22-14-16-25(17-15-22)36-20-23-9-5-4-6-10-23/h4-6,9-10,14-17,21,24,26H,2-3,7-8,11-13,18-20H2,1H3,(H2,30,34)(H,31,35)(H,32,33). The van der Waals surface area contributed by atoms with Crippen LogP contribution in [-0.4, -0.2) is 29.8 Å². The molecule has 3 amide bonds. The molecule has 4 N–H and O–H groups in total. The average molecular weight is 494 g/mol. The van der Waals surface area contributed by atoms with Crippen molar-refractivity contribution in [1.82, 2.24) is 10.6 Å². The van der Waals surface area contributed by atoms with E-state index in [2.05, 4.69) is 10.6 Å². The quantitative estimate of drug-likeness (QED) is 0.388. The molecule has 1 fully saturated rings. The van der Waals surface area contributed by atoms with E-state index in [0.29, 0.717) is 19.4 Å². The van der Waals surface area contributed by atoms with E-state index in [1.54, 1.807) is 6.92 Å². The van der Waals surface area contributed by atoms with Gasteiger partial charge in [0.2, 0.25) is 17.7 Å². The van der Waals surface area contributed by atoms with E-state index in [4.69, 9.17) is 10.5 Å². The highest BCUT2D eigenvalue weighted by Crippen LogP contribution is 2.19. The summed E-state index contributed by atoms with van der Waals surface area (Å²) in [6.07, 6.45) is 7.41. The van der Waals surface area contributed by atoms with Crippen LogP contribution in [0.2, 0.25) is 0 Å². The first-order valence-corrected chi connectivity index (χ1v) is 13.1. The summed E-state index contributed by atoms with van der Waals surface area (Å²) in [4.78, 5) is 37.1. The summed E-state index contributed by atoms with van der Waals surface area (Å²) >= 11 is 0. The molecule has 0 saturated heterocycles. The lowest BCUT2D eigenvalue weighted by Gasteiger charge is -2.23. The van der Waals surface area contributed by atoms with Gasteiger partial charge in [0.25, 0.3) is 0 Å². The van der Waals surface area contributed by atoms with Crippen molar-refractivity contribution in [2.24, 2.45) is 11.7 Å². The van der Waals surface area contributed by atoms with Crippen LogP contribution in [0, 0.1) is 5.92 Å². The Labute approximate surface area is 214 Å². The zero-order valence-electron chi connectivity index (χ0n) is 21.2. The molecule has 7 heteroatoms. The molecule has 0 bridgehead atoms. The molecule has 2 unspecified atom stereocenters. The maximum Gasteiger partial charge on any atom is 0.243 e. The van der Waals surface area contributed by atoms with Crippen molar-refractivity contribution < 1.29 is 19.1 Å². The Morgan fingerprint density at radius 2 is 1.61 bits per heavy atom. The van der Waals surface area contributed by atoms with Gasteiger partial charge in [-0.3, -0.25) is 14.4 Å². The highest BCUT2D eigenvalue weighted by Gasteiger charge is 2.25. The number of benzene rings is 2. The summed E-state index contributed by atoms with van der Waals surface area (Å²) in [6.45, 7) is 2.18. The first-order valence-electron chi connectivity index (χ1n) is 13.1. The SMILES string of the molecule is CC(CCC(=O)NC(Cc1ccc(OCc2ccccc2)cc1)C(=O)NC1CCCCCC1)C(N)=O. The molecule has 0 aromatic heterocycles. The summed E-state index contributed by atoms with van der Waals surface area (Å²) in [6, 6.07) is 17.0. The number of nitrogens with one attached hydrogen (secondary N) is 2. The summed E-state index contributed by atoms with van der Waals surface area (Å²) in [7, 11) is 0. The van der Waals surface area contributed by atoms with Gasteiger partial charge in [0.05, 0.1) is 0 Å². The lowest BCUT2D eigenvalue weighted by molar-refractivity contribution is -0.130. The van der Waals surface area contributed by atoms with Crippen LogP contribution < -0.4 is 21.1 Å². The van der Waals surface area contributed by atoms with Crippen LogP contribution in [0.25, 0.3) is 0 Å². The predicted molar refractivity (Wildman–Crippen MR) is 140 cm³/mol. The monoisotopic (exact) mass is 493 g/mol. The van der Waals surface area contributed by atoms with Crippen molar-refractivity contribution in [3.05, 3.63) is 65.7 Å². The van der Waals surface area contributed by atoms with Crippen LogP contribution in [0.4, 0.5) is 0 Å². The Bertz CT molecular complexity index is 970. The van der Waals surface area contributed by atoms with Gasteiger partial charge in [-0.2, -0.15) is 0 Å². The fraction of sp³-hybridized carbons (Fsp3) is 0.483. The first kappa shape index (κ1) is 27.2. The number of carbonyl (C=O) groups is 3. The molecule has 2 aromatic carbocycles. The van der Waals surface area contributed by atoms with Gasteiger partial charge in [-0.25, -0.2) is 0 Å². The molecule has 7 nitrogen and oxygen atoms in total. The fourth-order valence-electron chi connectivity index (χ4n) is 4.39. The van der Waals surface area contributed by atoms with E-state index in [0.717, 1.165) is 42.6 Å². The average Bonchev–Trinajstić information content (AvgIpc) is 3.15. The minimum absolute atomic E-state index is 0.142. The first-order chi connectivity index (χ1) is 17.4. The second-order valence-corrected chi connectivity index (χ2v) is 9.78. The Balaban J connectivity index is 1.61. The smallest absolute Gasteiger partial charge is 0.243 e. The summed E-state index contributed by atoms with van der Waals surface area (Å²) in [5.41, 5.74) is 7.33. The second kappa shape index (κ2) is 14.3. The number of hydrogen-bond acceptors (Lipinski definition) is 4. The molecule has 36 heavy (non-hydrogen) atoms. The zero-order chi connectivity index (χ0) is 25.8. The van der Waals surface area contributed by atoms with Crippen molar-refractivity contribution in [3.63, 3.8) is 0 Å². The summed E-state index contributed by atoms with van der Waals surface area (Å²) in [5.74, 6) is -0.501. The summed E-state index contributed by atoms with van der Waals surface area (Å²) in [5, 5.41) is 6.06. The number of ether oxygens (including phenoxy) is 1. The highest BCUT2D eigenvalue weighted by molar-refractivity contribution is 5.88. The van der Waals surface area contributed by atoms with Crippen molar-refractivity contribution in [1.29, 1.82) is 0 Å². The largest absolute Gasteiger partial charge is 0.489 e. The van der Waals surface area contributed by atoms with Gasteiger partial charge in [0.15, 0.2) is 0 Å². The summed E-state index contributed by atoms with van der Waals surface area (Å²) < 4.78 is 5.86. The molecule has 2 atom stereocenters. The molecular formula is C29H39N3O4. The van der Waals surface area contributed by atoms with Crippen molar-refractivity contribution in [2.75, 3.05) is 0 Å². The van der Waals surface area contributed by atoms with Gasteiger partial charge >= 0.3 is 0 Å². The van der Waals surface area contributed by atoms with Crippen molar-refractivity contribution in [2.45, 2.75) is 83.4 Å². The normalized spacial score (nSPS) is 15.8. The molecule has 2 aromatic rings. The Hall–Kier alpha value is -3.35. The number of primary amides is 1. The van der Waals surface area contributed by atoms with Crippen LogP contribution >= 0.6 is 0 Å². The van der Waals surface area contributed by atoms with Crippen LogP contribution in [0.1, 0.15) is 69.4 Å². The van der Waals surface area contributed by atoms with Gasteiger partial charge in [0.1, 0.15) is 18.4 Å². The van der Waals surface area contributed by atoms with Gasteiger partial charge in [-0.15, -0.1) is 0 Å². The van der Waals surface area contributed by atoms with Gasteiger partial charge < -0.3 is 21.1 Å².